The zero-order chi connectivity index (χ0) is 15.5. The number of anilines is 2. The number of rotatable bonds is 3. The van der Waals surface area contributed by atoms with Gasteiger partial charge in [0, 0.05) is 22.4 Å². The van der Waals surface area contributed by atoms with Crippen LogP contribution in [0.25, 0.3) is 0 Å². The molecule has 0 saturated heterocycles. The number of nitrogens with zero attached hydrogens (tertiary/aromatic N) is 2. The highest BCUT2D eigenvalue weighted by Gasteiger charge is 2.14. The lowest BCUT2D eigenvalue weighted by molar-refractivity contribution is 0.102. The van der Waals surface area contributed by atoms with Crippen LogP contribution in [0.3, 0.4) is 0 Å². The Morgan fingerprint density at radius 1 is 1.14 bits per heavy atom. The molecule has 0 radical (unpaired) electrons. The Balaban J connectivity index is 2.12. The van der Waals surface area contributed by atoms with Crippen LogP contribution in [-0.2, 0) is 0 Å². The van der Waals surface area contributed by atoms with Crippen molar-refractivity contribution in [2.75, 3.05) is 10.6 Å². The summed E-state index contributed by atoms with van der Waals surface area (Å²) in [5.74, 6) is 0.128. The van der Waals surface area contributed by atoms with Crippen LogP contribution in [0.15, 0.2) is 36.5 Å². The molecule has 0 fully saturated rings. The smallest absolute Gasteiger partial charge is 0.274 e. The van der Waals surface area contributed by atoms with Gasteiger partial charge in [0.2, 0.25) is 5.95 Å². The maximum Gasteiger partial charge on any atom is 0.274 e. The molecule has 0 bridgehead atoms. The second kappa shape index (κ2) is 6.10. The molecule has 2 aromatic rings. The normalized spacial score (nSPS) is 11.0. The standard InChI is InChI=1S/C15H17ClN4O/c1-15(2,3)20-14-17-9-8-12(19-14)13(21)18-11-6-4-10(16)5-7-11/h4-9H,1-3H3,(H,18,21)(H,17,19,20). The number of hydrogen-bond donors (Lipinski definition) is 2. The first-order valence-electron chi connectivity index (χ1n) is 6.52. The monoisotopic (exact) mass is 304 g/mol. The van der Waals surface area contributed by atoms with Crippen molar-refractivity contribution in [1.82, 2.24) is 9.97 Å². The average Bonchev–Trinajstić information content (AvgIpc) is 2.40. The van der Waals surface area contributed by atoms with E-state index in [0.29, 0.717) is 22.4 Å². The van der Waals surface area contributed by atoms with Crippen molar-refractivity contribution >= 4 is 29.1 Å². The van der Waals surface area contributed by atoms with E-state index in [2.05, 4.69) is 20.6 Å². The molecular weight excluding hydrogens is 288 g/mol. The number of carbonyl (C=O) groups excluding carboxylic acids is 1. The average molecular weight is 305 g/mol. The number of nitrogens with one attached hydrogen (secondary N) is 2. The number of aromatic nitrogens is 2. The first kappa shape index (κ1) is 15.3. The number of benzene rings is 1. The van der Waals surface area contributed by atoms with Crippen LogP contribution >= 0.6 is 11.6 Å². The van der Waals surface area contributed by atoms with Gasteiger partial charge in [-0.05, 0) is 51.1 Å². The summed E-state index contributed by atoms with van der Waals surface area (Å²) < 4.78 is 0. The van der Waals surface area contributed by atoms with Gasteiger partial charge in [0.15, 0.2) is 0 Å². The lowest BCUT2D eigenvalue weighted by Gasteiger charge is -2.20. The van der Waals surface area contributed by atoms with Crippen LogP contribution in [0, 0.1) is 0 Å². The van der Waals surface area contributed by atoms with E-state index >= 15 is 0 Å². The van der Waals surface area contributed by atoms with Crippen molar-refractivity contribution in [3.05, 3.63) is 47.2 Å². The second-order valence-corrected chi connectivity index (χ2v) is 6.04. The minimum atomic E-state index is -0.295. The quantitative estimate of drug-likeness (QED) is 0.909. The minimum absolute atomic E-state index is 0.175. The molecule has 6 heteroatoms. The van der Waals surface area contributed by atoms with E-state index in [1.54, 1.807) is 36.5 Å². The summed E-state index contributed by atoms with van der Waals surface area (Å²) in [4.78, 5) is 20.5. The molecule has 0 spiro atoms. The van der Waals surface area contributed by atoms with Crippen molar-refractivity contribution in [2.24, 2.45) is 0 Å². The molecule has 21 heavy (non-hydrogen) atoms. The summed E-state index contributed by atoms with van der Waals surface area (Å²) in [5.41, 5.74) is 0.783. The predicted molar refractivity (Wildman–Crippen MR) is 84.8 cm³/mol. The van der Waals surface area contributed by atoms with Crippen LogP contribution in [0.5, 0.6) is 0 Å². The Labute approximate surface area is 128 Å². The number of halogens is 1. The third-order valence-electron chi connectivity index (χ3n) is 2.48. The van der Waals surface area contributed by atoms with Gasteiger partial charge in [-0.3, -0.25) is 4.79 Å². The molecule has 0 saturated carbocycles. The Kier molecular flexibility index (Phi) is 4.43. The molecular formula is C15H17ClN4O. The Morgan fingerprint density at radius 2 is 1.81 bits per heavy atom. The molecule has 1 amide bonds. The van der Waals surface area contributed by atoms with Gasteiger partial charge in [0.05, 0.1) is 0 Å². The molecule has 110 valence electrons. The van der Waals surface area contributed by atoms with Crippen molar-refractivity contribution in [1.29, 1.82) is 0 Å². The van der Waals surface area contributed by atoms with E-state index in [9.17, 15) is 4.79 Å². The Hall–Kier alpha value is -2.14. The van der Waals surface area contributed by atoms with E-state index in [-0.39, 0.29) is 11.4 Å². The molecule has 0 atom stereocenters. The van der Waals surface area contributed by atoms with Gasteiger partial charge in [0.1, 0.15) is 5.69 Å². The zero-order valence-corrected chi connectivity index (χ0v) is 12.9. The molecule has 1 aromatic carbocycles. The van der Waals surface area contributed by atoms with Gasteiger partial charge >= 0.3 is 0 Å². The summed E-state index contributed by atoms with van der Waals surface area (Å²) in [6, 6.07) is 8.46. The molecule has 1 aromatic heterocycles. The fraction of sp³-hybridized carbons (Fsp3) is 0.267. The summed E-state index contributed by atoms with van der Waals surface area (Å²) in [6.07, 6.45) is 1.55. The van der Waals surface area contributed by atoms with E-state index < -0.39 is 0 Å². The molecule has 0 aliphatic carbocycles. The van der Waals surface area contributed by atoms with Gasteiger partial charge in [-0.1, -0.05) is 11.6 Å². The summed E-state index contributed by atoms with van der Waals surface area (Å²) in [7, 11) is 0. The largest absolute Gasteiger partial charge is 0.350 e. The molecule has 1 heterocycles. The van der Waals surface area contributed by atoms with Crippen LogP contribution in [0.4, 0.5) is 11.6 Å². The Bertz CT molecular complexity index is 635. The summed E-state index contributed by atoms with van der Waals surface area (Å²) >= 11 is 5.81. The van der Waals surface area contributed by atoms with E-state index in [4.69, 9.17) is 11.6 Å². The molecule has 0 aliphatic rings. The van der Waals surface area contributed by atoms with Crippen LogP contribution in [-0.4, -0.2) is 21.4 Å². The highest BCUT2D eigenvalue weighted by atomic mass is 35.5. The lowest BCUT2D eigenvalue weighted by Crippen LogP contribution is -2.28. The van der Waals surface area contributed by atoms with E-state index in [1.165, 1.54) is 0 Å². The van der Waals surface area contributed by atoms with Gasteiger partial charge in [-0.25, -0.2) is 9.97 Å². The highest BCUT2D eigenvalue weighted by Crippen LogP contribution is 2.15. The predicted octanol–water partition coefficient (Wildman–Crippen LogP) is 3.59. The third-order valence-corrected chi connectivity index (χ3v) is 2.73. The topological polar surface area (TPSA) is 66.9 Å². The van der Waals surface area contributed by atoms with Gasteiger partial charge < -0.3 is 10.6 Å². The van der Waals surface area contributed by atoms with Crippen molar-refractivity contribution < 1.29 is 4.79 Å². The zero-order valence-electron chi connectivity index (χ0n) is 12.1. The van der Waals surface area contributed by atoms with Crippen LogP contribution in [0.1, 0.15) is 31.3 Å². The summed E-state index contributed by atoms with van der Waals surface area (Å²) in [5, 5.41) is 6.51. The third kappa shape index (κ3) is 4.72. The highest BCUT2D eigenvalue weighted by molar-refractivity contribution is 6.30. The number of hydrogen-bond acceptors (Lipinski definition) is 4. The van der Waals surface area contributed by atoms with Gasteiger partial charge in [-0.2, -0.15) is 0 Å². The molecule has 2 N–H and O–H groups in total. The summed E-state index contributed by atoms with van der Waals surface area (Å²) in [6.45, 7) is 5.99. The van der Waals surface area contributed by atoms with Crippen molar-refractivity contribution in [3.63, 3.8) is 0 Å². The van der Waals surface area contributed by atoms with E-state index in [0.717, 1.165) is 0 Å². The number of carbonyl (C=O) groups is 1. The van der Waals surface area contributed by atoms with Crippen LogP contribution in [0.2, 0.25) is 5.02 Å². The van der Waals surface area contributed by atoms with Gasteiger partial charge in [-0.15, -0.1) is 0 Å². The Morgan fingerprint density at radius 3 is 2.43 bits per heavy atom. The molecule has 2 rings (SSSR count). The molecule has 0 aliphatic heterocycles. The number of amides is 1. The maximum atomic E-state index is 12.2. The van der Waals surface area contributed by atoms with E-state index in [1.807, 2.05) is 20.8 Å². The first-order valence-corrected chi connectivity index (χ1v) is 6.89. The van der Waals surface area contributed by atoms with Crippen molar-refractivity contribution in [3.8, 4) is 0 Å². The lowest BCUT2D eigenvalue weighted by atomic mass is 10.1. The molecule has 0 unspecified atom stereocenters. The fourth-order valence-corrected chi connectivity index (χ4v) is 1.74. The van der Waals surface area contributed by atoms with Crippen molar-refractivity contribution in [2.45, 2.75) is 26.3 Å². The SMILES string of the molecule is CC(C)(C)Nc1nccc(C(=O)Nc2ccc(Cl)cc2)n1. The minimum Gasteiger partial charge on any atom is -0.350 e. The fourth-order valence-electron chi connectivity index (χ4n) is 1.61. The van der Waals surface area contributed by atoms with Crippen LogP contribution < -0.4 is 10.6 Å². The maximum absolute atomic E-state index is 12.2. The van der Waals surface area contributed by atoms with Gasteiger partial charge in [0.25, 0.3) is 5.91 Å². The second-order valence-electron chi connectivity index (χ2n) is 5.60. The first-order chi connectivity index (χ1) is 9.83. The molecule has 5 nitrogen and oxygen atoms in total.